The molecular weight excluding hydrogens is 398 g/mol. The van der Waals surface area contributed by atoms with Crippen LogP contribution in [0.4, 0.5) is 0 Å². The highest BCUT2D eigenvalue weighted by Gasteiger charge is 2.39. The minimum atomic E-state index is -0.987. The van der Waals surface area contributed by atoms with Crippen LogP contribution >= 0.6 is 11.3 Å². The van der Waals surface area contributed by atoms with E-state index in [1.54, 1.807) is 23.6 Å². The number of hydrogen-bond acceptors (Lipinski definition) is 5. The van der Waals surface area contributed by atoms with Crippen LogP contribution in [0.1, 0.15) is 67.2 Å². The molecule has 1 saturated carbocycles. The Hall–Kier alpha value is -2.74. The zero-order valence-corrected chi connectivity index (χ0v) is 18.4. The quantitative estimate of drug-likeness (QED) is 0.645. The molecule has 30 heavy (non-hydrogen) atoms. The molecule has 0 unspecified atom stereocenters. The van der Waals surface area contributed by atoms with Gasteiger partial charge in [-0.2, -0.15) is 5.10 Å². The topological polar surface area (TPSA) is 103 Å². The van der Waals surface area contributed by atoms with Crippen LogP contribution in [0.25, 0.3) is 21.6 Å². The molecule has 3 N–H and O–H groups in total. The van der Waals surface area contributed by atoms with Gasteiger partial charge in [0.05, 0.1) is 27.7 Å². The largest absolute Gasteiger partial charge is 0.368 e. The Bertz CT molecular complexity index is 1110. The minimum absolute atomic E-state index is 0.0986. The number of fused-ring (bicyclic) bond motifs is 1. The second kappa shape index (κ2) is 7.83. The number of primary amides is 1. The summed E-state index contributed by atoms with van der Waals surface area (Å²) in [6.45, 7) is 6.10. The first kappa shape index (κ1) is 20.5. The standard InChI is InChI=1S/C22H27N5O2S/c1-13(2)27-19-16(12-24-27)15(11-17(25-19)18-8-7-14(3)30-18)20(28)26-22(21(23)29)9-5-4-6-10-22/h7-8,11-13H,4-6,9-10H2,1-3H3,(H2,23,29)(H,26,28). The Balaban J connectivity index is 1.82. The average Bonchev–Trinajstić information content (AvgIpc) is 3.34. The molecular formula is C22H27N5O2S. The predicted octanol–water partition coefficient (Wildman–Crippen LogP) is 3.97. The Labute approximate surface area is 179 Å². The SMILES string of the molecule is Cc1ccc(-c2cc(C(=O)NC3(C(N)=O)CCCCC3)c3cnn(C(C)C)c3n2)s1. The molecule has 3 heterocycles. The third-order valence-electron chi connectivity index (χ3n) is 5.82. The van der Waals surface area contributed by atoms with Gasteiger partial charge in [-0.1, -0.05) is 19.3 Å². The number of thiophene rings is 1. The molecule has 0 atom stereocenters. The number of aromatic nitrogens is 3. The molecule has 0 bridgehead atoms. The van der Waals surface area contributed by atoms with E-state index in [0.29, 0.717) is 29.4 Å². The van der Waals surface area contributed by atoms with Crippen molar-refractivity contribution in [3.63, 3.8) is 0 Å². The lowest BCUT2D eigenvalue weighted by molar-refractivity contribution is -0.125. The Morgan fingerprint density at radius 2 is 1.97 bits per heavy atom. The van der Waals surface area contributed by atoms with E-state index in [1.807, 2.05) is 37.6 Å². The van der Waals surface area contributed by atoms with Gasteiger partial charge in [0.2, 0.25) is 5.91 Å². The summed E-state index contributed by atoms with van der Waals surface area (Å²) in [7, 11) is 0. The number of rotatable bonds is 5. The third-order valence-corrected chi connectivity index (χ3v) is 6.85. The summed E-state index contributed by atoms with van der Waals surface area (Å²) >= 11 is 1.63. The fourth-order valence-electron chi connectivity index (χ4n) is 4.16. The molecule has 1 fully saturated rings. The molecule has 0 saturated heterocycles. The Kier molecular flexibility index (Phi) is 5.36. The number of nitrogens with one attached hydrogen (secondary N) is 1. The van der Waals surface area contributed by atoms with Gasteiger partial charge in [0.25, 0.3) is 5.91 Å². The predicted molar refractivity (Wildman–Crippen MR) is 118 cm³/mol. The highest BCUT2D eigenvalue weighted by Crippen LogP contribution is 2.32. The number of pyridine rings is 1. The van der Waals surface area contributed by atoms with Gasteiger partial charge in [-0.25, -0.2) is 9.67 Å². The van der Waals surface area contributed by atoms with E-state index >= 15 is 0 Å². The molecule has 0 spiro atoms. The lowest BCUT2D eigenvalue weighted by atomic mass is 9.81. The van der Waals surface area contributed by atoms with Crippen molar-refractivity contribution in [3.8, 4) is 10.6 Å². The van der Waals surface area contributed by atoms with E-state index in [9.17, 15) is 9.59 Å². The molecule has 1 aliphatic rings. The minimum Gasteiger partial charge on any atom is -0.368 e. The summed E-state index contributed by atoms with van der Waals surface area (Å²) in [4.78, 5) is 32.7. The number of amides is 2. The number of carbonyl (C=O) groups is 2. The molecule has 0 aromatic carbocycles. The van der Waals surface area contributed by atoms with Gasteiger partial charge in [-0.15, -0.1) is 11.3 Å². The van der Waals surface area contributed by atoms with Crippen molar-refractivity contribution in [1.82, 2.24) is 20.1 Å². The lowest BCUT2D eigenvalue weighted by Crippen LogP contribution is -2.58. The van der Waals surface area contributed by atoms with E-state index < -0.39 is 11.4 Å². The third kappa shape index (κ3) is 3.60. The van der Waals surface area contributed by atoms with Crippen LogP contribution < -0.4 is 11.1 Å². The van der Waals surface area contributed by atoms with Crippen molar-refractivity contribution in [2.24, 2.45) is 5.73 Å². The molecule has 8 heteroatoms. The molecule has 0 radical (unpaired) electrons. The molecule has 7 nitrogen and oxygen atoms in total. The number of nitrogens with zero attached hydrogens (tertiary/aromatic N) is 3. The number of nitrogens with two attached hydrogens (primary N) is 1. The smallest absolute Gasteiger partial charge is 0.253 e. The lowest BCUT2D eigenvalue weighted by Gasteiger charge is -2.35. The fourth-order valence-corrected chi connectivity index (χ4v) is 4.98. The molecule has 0 aliphatic heterocycles. The number of aryl methyl sites for hydroxylation is 1. The summed E-state index contributed by atoms with van der Waals surface area (Å²) in [6, 6.07) is 5.95. The maximum atomic E-state index is 13.4. The molecule has 3 aromatic rings. The van der Waals surface area contributed by atoms with E-state index in [-0.39, 0.29) is 11.9 Å². The van der Waals surface area contributed by atoms with E-state index in [1.165, 1.54) is 4.88 Å². The van der Waals surface area contributed by atoms with Crippen molar-refractivity contribution in [1.29, 1.82) is 0 Å². The first-order valence-electron chi connectivity index (χ1n) is 10.4. The Morgan fingerprint density at radius 3 is 2.57 bits per heavy atom. The summed E-state index contributed by atoms with van der Waals surface area (Å²) in [5.41, 5.74) is 6.60. The average molecular weight is 426 g/mol. The van der Waals surface area contributed by atoms with Crippen LogP contribution in [-0.4, -0.2) is 32.1 Å². The Morgan fingerprint density at radius 1 is 1.23 bits per heavy atom. The van der Waals surface area contributed by atoms with Crippen molar-refractivity contribution < 1.29 is 9.59 Å². The van der Waals surface area contributed by atoms with Crippen LogP contribution in [0.2, 0.25) is 0 Å². The summed E-state index contributed by atoms with van der Waals surface area (Å²) in [6.07, 6.45) is 5.63. The van der Waals surface area contributed by atoms with Crippen LogP contribution in [-0.2, 0) is 4.79 Å². The van der Waals surface area contributed by atoms with E-state index in [0.717, 1.165) is 29.8 Å². The van der Waals surface area contributed by atoms with Gasteiger partial charge in [0.1, 0.15) is 5.54 Å². The maximum absolute atomic E-state index is 13.4. The van der Waals surface area contributed by atoms with Crippen LogP contribution in [0.15, 0.2) is 24.4 Å². The van der Waals surface area contributed by atoms with Gasteiger partial charge < -0.3 is 11.1 Å². The van der Waals surface area contributed by atoms with Gasteiger partial charge >= 0.3 is 0 Å². The zero-order valence-electron chi connectivity index (χ0n) is 17.6. The summed E-state index contributed by atoms with van der Waals surface area (Å²) in [5, 5.41) is 8.13. The molecule has 2 amide bonds. The van der Waals surface area contributed by atoms with Crippen molar-refractivity contribution in [3.05, 3.63) is 34.8 Å². The van der Waals surface area contributed by atoms with Gasteiger partial charge in [-0.05, 0) is 51.8 Å². The second-order valence-corrected chi connectivity index (χ2v) is 9.63. The van der Waals surface area contributed by atoms with E-state index in [2.05, 4.69) is 10.4 Å². The normalized spacial score (nSPS) is 16.1. The first-order chi connectivity index (χ1) is 14.3. The van der Waals surface area contributed by atoms with Crippen LogP contribution in [0, 0.1) is 6.92 Å². The zero-order chi connectivity index (χ0) is 21.5. The first-order valence-corrected chi connectivity index (χ1v) is 11.2. The van der Waals surface area contributed by atoms with Gasteiger partial charge in [-0.3, -0.25) is 9.59 Å². The molecule has 1 aliphatic carbocycles. The molecule has 3 aromatic heterocycles. The highest BCUT2D eigenvalue weighted by molar-refractivity contribution is 7.15. The fraction of sp³-hybridized carbons (Fsp3) is 0.455. The highest BCUT2D eigenvalue weighted by atomic mass is 32.1. The maximum Gasteiger partial charge on any atom is 0.253 e. The number of hydrogen-bond donors (Lipinski definition) is 2. The number of carbonyl (C=O) groups excluding carboxylic acids is 2. The van der Waals surface area contributed by atoms with Gasteiger partial charge in [0, 0.05) is 10.9 Å². The van der Waals surface area contributed by atoms with E-state index in [4.69, 9.17) is 10.7 Å². The van der Waals surface area contributed by atoms with Crippen molar-refractivity contribution in [2.45, 2.75) is 64.5 Å². The van der Waals surface area contributed by atoms with Crippen LogP contribution in [0.5, 0.6) is 0 Å². The molecule has 158 valence electrons. The van der Waals surface area contributed by atoms with Gasteiger partial charge in [0.15, 0.2) is 5.65 Å². The van der Waals surface area contributed by atoms with Crippen LogP contribution in [0.3, 0.4) is 0 Å². The summed E-state index contributed by atoms with van der Waals surface area (Å²) < 4.78 is 1.82. The van der Waals surface area contributed by atoms with Crippen molar-refractivity contribution in [2.75, 3.05) is 0 Å². The monoisotopic (exact) mass is 425 g/mol. The summed E-state index contributed by atoms with van der Waals surface area (Å²) in [5.74, 6) is -0.770. The molecule has 4 rings (SSSR count). The van der Waals surface area contributed by atoms with Crippen molar-refractivity contribution >= 4 is 34.2 Å². The second-order valence-electron chi connectivity index (χ2n) is 8.35.